The fourth-order valence-corrected chi connectivity index (χ4v) is 5.29. The van der Waals surface area contributed by atoms with Crippen LogP contribution in [0, 0.1) is 0 Å². The summed E-state index contributed by atoms with van der Waals surface area (Å²) in [7, 11) is -3.69. The van der Waals surface area contributed by atoms with Crippen LogP contribution in [0.15, 0.2) is 29.2 Å². The minimum atomic E-state index is -3.69. The number of amides is 1. The molecule has 1 atom stereocenters. The Bertz CT molecular complexity index is 703. The van der Waals surface area contributed by atoms with Crippen molar-refractivity contribution in [2.24, 2.45) is 0 Å². The van der Waals surface area contributed by atoms with Crippen LogP contribution in [0.5, 0.6) is 0 Å². The van der Waals surface area contributed by atoms with Gasteiger partial charge in [-0.3, -0.25) is 4.79 Å². The second-order valence-corrected chi connectivity index (χ2v) is 9.35. The van der Waals surface area contributed by atoms with Crippen molar-refractivity contribution < 1.29 is 13.2 Å². The monoisotopic (exact) mass is 378 g/mol. The molecule has 3 rings (SSSR count). The van der Waals surface area contributed by atoms with Gasteiger partial charge >= 0.3 is 0 Å². The van der Waals surface area contributed by atoms with Crippen LogP contribution in [-0.4, -0.2) is 38.4 Å². The van der Waals surface area contributed by atoms with Crippen molar-refractivity contribution >= 4 is 15.9 Å². The molecule has 1 saturated carbocycles. The molecule has 1 amide bonds. The Kier molecular flexibility index (Phi) is 6.35. The summed E-state index contributed by atoms with van der Waals surface area (Å²) in [6.07, 6.45) is 9.30. The van der Waals surface area contributed by atoms with Gasteiger partial charge in [-0.1, -0.05) is 31.4 Å². The number of piperidine rings is 1. The summed E-state index contributed by atoms with van der Waals surface area (Å²) in [5.41, 5.74) is 1.22. The van der Waals surface area contributed by atoms with Gasteiger partial charge in [0.25, 0.3) is 0 Å². The zero-order valence-electron chi connectivity index (χ0n) is 15.6. The van der Waals surface area contributed by atoms with Crippen LogP contribution >= 0.6 is 0 Å². The van der Waals surface area contributed by atoms with Gasteiger partial charge in [0.15, 0.2) is 0 Å². The molecule has 26 heavy (non-hydrogen) atoms. The highest BCUT2D eigenvalue weighted by molar-refractivity contribution is 7.89. The van der Waals surface area contributed by atoms with Crippen molar-refractivity contribution in [1.29, 1.82) is 0 Å². The number of hydrogen-bond donors (Lipinski definition) is 1. The third-order valence-corrected chi connectivity index (χ3v) is 7.19. The molecule has 1 aliphatic heterocycles. The molecule has 1 saturated heterocycles. The fourth-order valence-electron chi connectivity index (χ4n) is 4.09. The second kappa shape index (κ2) is 8.53. The molecule has 0 bridgehead atoms. The van der Waals surface area contributed by atoms with Crippen molar-refractivity contribution in [2.45, 2.75) is 75.1 Å². The first-order valence-corrected chi connectivity index (χ1v) is 11.4. The lowest BCUT2D eigenvalue weighted by Crippen LogP contribution is -2.48. The smallest absolute Gasteiger partial charge is 0.241 e. The highest BCUT2D eigenvalue weighted by atomic mass is 32.2. The van der Waals surface area contributed by atoms with Crippen LogP contribution in [-0.2, 0) is 14.8 Å². The maximum Gasteiger partial charge on any atom is 0.241 e. The lowest BCUT2D eigenvalue weighted by atomic mass is 9.84. The van der Waals surface area contributed by atoms with E-state index >= 15 is 0 Å². The number of sulfonamides is 1. The van der Waals surface area contributed by atoms with Crippen LogP contribution in [0.25, 0.3) is 0 Å². The molecular weight excluding hydrogens is 348 g/mol. The third kappa shape index (κ3) is 4.65. The highest BCUT2D eigenvalue weighted by Crippen LogP contribution is 2.32. The van der Waals surface area contributed by atoms with Gasteiger partial charge in [-0.25, -0.2) is 8.42 Å². The molecule has 6 heteroatoms. The maximum atomic E-state index is 12.6. The molecule has 144 valence electrons. The van der Waals surface area contributed by atoms with Crippen molar-refractivity contribution in [1.82, 2.24) is 9.62 Å². The van der Waals surface area contributed by atoms with Crippen LogP contribution in [0.3, 0.4) is 0 Å². The van der Waals surface area contributed by atoms with Gasteiger partial charge in [-0.2, -0.15) is 4.72 Å². The number of hydrogen-bond acceptors (Lipinski definition) is 3. The molecule has 1 aromatic rings. The normalized spacial score (nSPS) is 20.7. The largest absolute Gasteiger partial charge is 0.341 e. The number of carbonyl (C=O) groups is 1. The number of carbonyl (C=O) groups excluding carboxylic acids is 1. The van der Waals surface area contributed by atoms with E-state index < -0.39 is 16.1 Å². The van der Waals surface area contributed by atoms with E-state index in [2.05, 4.69) is 4.72 Å². The van der Waals surface area contributed by atoms with Crippen molar-refractivity contribution in [2.75, 3.05) is 13.1 Å². The zero-order valence-corrected chi connectivity index (χ0v) is 16.4. The number of rotatable bonds is 5. The summed E-state index contributed by atoms with van der Waals surface area (Å²) < 4.78 is 27.8. The zero-order chi connectivity index (χ0) is 18.6. The van der Waals surface area contributed by atoms with Crippen molar-refractivity contribution in [3.05, 3.63) is 29.8 Å². The molecule has 2 aliphatic rings. The molecule has 1 aliphatic carbocycles. The van der Waals surface area contributed by atoms with E-state index in [0.29, 0.717) is 5.92 Å². The highest BCUT2D eigenvalue weighted by Gasteiger charge is 2.27. The van der Waals surface area contributed by atoms with E-state index in [1.54, 1.807) is 24.0 Å². The number of nitrogens with one attached hydrogen (secondary N) is 1. The molecular formula is C20H30N2O3S. The van der Waals surface area contributed by atoms with Gasteiger partial charge < -0.3 is 4.90 Å². The molecule has 1 N–H and O–H groups in total. The van der Waals surface area contributed by atoms with Crippen LogP contribution in [0.1, 0.15) is 69.8 Å². The molecule has 0 radical (unpaired) electrons. The average Bonchev–Trinajstić information content (AvgIpc) is 2.68. The Morgan fingerprint density at radius 3 is 2.19 bits per heavy atom. The Morgan fingerprint density at radius 2 is 1.58 bits per heavy atom. The molecule has 0 spiro atoms. The number of benzene rings is 1. The van der Waals surface area contributed by atoms with Crippen LogP contribution in [0.2, 0.25) is 0 Å². The van der Waals surface area contributed by atoms with Crippen LogP contribution in [0.4, 0.5) is 0 Å². The standard InChI is InChI=1S/C20H30N2O3S/c1-16(20(23)22-14-6-3-7-15-22)21-26(24,25)19-12-10-18(11-13-19)17-8-4-2-5-9-17/h10-13,16-17,21H,2-9,14-15H2,1H3/t16-/m1/s1. The topological polar surface area (TPSA) is 66.5 Å². The van der Waals surface area contributed by atoms with Gasteiger partial charge in [0.05, 0.1) is 10.9 Å². The van der Waals surface area contributed by atoms with Crippen molar-refractivity contribution in [3.63, 3.8) is 0 Å². The van der Waals surface area contributed by atoms with E-state index in [0.717, 1.165) is 32.4 Å². The van der Waals surface area contributed by atoms with E-state index in [1.165, 1.54) is 37.7 Å². The SMILES string of the molecule is C[C@@H](NS(=O)(=O)c1ccc(C2CCCCC2)cc1)C(=O)N1CCCCC1. The summed E-state index contributed by atoms with van der Waals surface area (Å²) in [6, 6.07) is 6.47. The summed E-state index contributed by atoms with van der Waals surface area (Å²) >= 11 is 0. The predicted molar refractivity (Wildman–Crippen MR) is 102 cm³/mol. The predicted octanol–water partition coefficient (Wildman–Crippen LogP) is 3.41. The average molecular weight is 379 g/mol. The Balaban J connectivity index is 1.64. The first-order chi connectivity index (χ1) is 12.5. The minimum absolute atomic E-state index is 0.132. The molecule has 1 aromatic carbocycles. The molecule has 0 unspecified atom stereocenters. The van der Waals surface area contributed by atoms with E-state index in [-0.39, 0.29) is 10.8 Å². The second-order valence-electron chi connectivity index (χ2n) is 7.63. The summed E-state index contributed by atoms with van der Waals surface area (Å²) in [6.45, 7) is 3.08. The minimum Gasteiger partial charge on any atom is -0.341 e. The molecule has 0 aromatic heterocycles. The number of likely N-dealkylation sites (tertiary alicyclic amines) is 1. The summed E-state index contributed by atoms with van der Waals surface area (Å²) in [4.78, 5) is 14.5. The van der Waals surface area contributed by atoms with E-state index in [1.807, 2.05) is 12.1 Å². The third-order valence-electron chi connectivity index (χ3n) is 5.64. The Labute approximate surface area is 157 Å². The van der Waals surface area contributed by atoms with Gasteiger partial charge in [0.1, 0.15) is 0 Å². The van der Waals surface area contributed by atoms with E-state index in [4.69, 9.17) is 0 Å². The molecule has 1 heterocycles. The van der Waals surface area contributed by atoms with E-state index in [9.17, 15) is 13.2 Å². The van der Waals surface area contributed by atoms with Gasteiger partial charge in [-0.15, -0.1) is 0 Å². The Hall–Kier alpha value is -1.40. The number of nitrogens with zero attached hydrogens (tertiary/aromatic N) is 1. The van der Waals surface area contributed by atoms with Gasteiger partial charge in [-0.05, 0) is 62.6 Å². The quantitative estimate of drug-likeness (QED) is 0.854. The van der Waals surface area contributed by atoms with Gasteiger partial charge in [0, 0.05) is 13.1 Å². The lowest BCUT2D eigenvalue weighted by molar-refractivity contribution is -0.133. The maximum absolute atomic E-state index is 12.6. The van der Waals surface area contributed by atoms with Gasteiger partial charge in [0.2, 0.25) is 15.9 Å². The first-order valence-electron chi connectivity index (χ1n) is 9.88. The molecule has 2 fully saturated rings. The lowest BCUT2D eigenvalue weighted by Gasteiger charge is -2.29. The first kappa shape index (κ1) is 19.4. The molecule has 5 nitrogen and oxygen atoms in total. The van der Waals surface area contributed by atoms with Crippen LogP contribution < -0.4 is 4.72 Å². The fraction of sp³-hybridized carbons (Fsp3) is 0.650. The summed E-state index contributed by atoms with van der Waals surface area (Å²) in [5.74, 6) is 0.417. The van der Waals surface area contributed by atoms with Crippen molar-refractivity contribution in [3.8, 4) is 0 Å². The summed E-state index contributed by atoms with van der Waals surface area (Å²) in [5, 5.41) is 0. The Morgan fingerprint density at radius 1 is 1.00 bits per heavy atom.